The Hall–Kier alpha value is -1.81. The molecule has 2 aromatic rings. The number of hydrogen-bond donors (Lipinski definition) is 3. The number of amides is 1. The van der Waals surface area contributed by atoms with Crippen molar-refractivity contribution in [3.8, 4) is 0 Å². The molecule has 1 aromatic heterocycles. The van der Waals surface area contributed by atoms with Gasteiger partial charge in [0.05, 0.1) is 17.7 Å². The number of rotatable bonds is 3. The molecule has 1 heterocycles. The molecule has 0 saturated heterocycles. The number of carbonyl (C=O) groups excluding carboxylic acids is 1. The van der Waals surface area contributed by atoms with E-state index in [2.05, 4.69) is 10.3 Å². The molecule has 4 nitrogen and oxygen atoms in total. The highest BCUT2D eigenvalue weighted by Crippen LogP contribution is 2.16. The van der Waals surface area contributed by atoms with Gasteiger partial charge in [-0.3, -0.25) is 4.79 Å². The van der Waals surface area contributed by atoms with Gasteiger partial charge in [0.15, 0.2) is 0 Å². The SMILES string of the molecule is C[C@@H](CO)NC(=O)c1cccc2cc[nH]c12. The van der Waals surface area contributed by atoms with Crippen molar-refractivity contribution >= 4 is 16.8 Å². The molecule has 0 aliphatic heterocycles. The summed E-state index contributed by atoms with van der Waals surface area (Å²) in [4.78, 5) is 14.9. The summed E-state index contributed by atoms with van der Waals surface area (Å²) in [7, 11) is 0. The summed E-state index contributed by atoms with van der Waals surface area (Å²) >= 11 is 0. The zero-order valence-corrected chi connectivity index (χ0v) is 9.03. The Balaban J connectivity index is 2.32. The van der Waals surface area contributed by atoms with Crippen LogP contribution in [0.5, 0.6) is 0 Å². The zero-order valence-electron chi connectivity index (χ0n) is 9.03. The van der Waals surface area contributed by atoms with Crippen LogP contribution in [0.2, 0.25) is 0 Å². The highest BCUT2D eigenvalue weighted by molar-refractivity contribution is 6.05. The Kier molecular flexibility index (Phi) is 2.92. The first-order valence-electron chi connectivity index (χ1n) is 5.20. The van der Waals surface area contributed by atoms with Crippen molar-refractivity contribution in [1.82, 2.24) is 10.3 Å². The van der Waals surface area contributed by atoms with Crippen LogP contribution in [0.15, 0.2) is 30.5 Å². The second-order valence-corrected chi connectivity index (χ2v) is 3.80. The van der Waals surface area contributed by atoms with Crippen LogP contribution in [0, 0.1) is 0 Å². The van der Waals surface area contributed by atoms with Gasteiger partial charge in [-0.05, 0) is 19.1 Å². The van der Waals surface area contributed by atoms with Crippen molar-refractivity contribution in [3.63, 3.8) is 0 Å². The maximum atomic E-state index is 11.9. The van der Waals surface area contributed by atoms with Gasteiger partial charge in [-0.25, -0.2) is 0 Å². The van der Waals surface area contributed by atoms with Crippen molar-refractivity contribution in [1.29, 1.82) is 0 Å². The first kappa shape index (κ1) is 10.7. The van der Waals surface area contributed by atoms with E-state index in [0.29, 0.717) is 5.56 Å². The molecule has 1 amide bonds. The van der Waals surface area contributed by atoms with Gasteiger partial charge in [-0.15, -0.1) is 0 Å². The number of nitrogens with one attached hydrogen (secondary N) is 2. The summed E-state index contributed by atoms with van der Waals surface area (Å²) in [5.41, 5.74) is 1.42. The fourth-order valence-corrected chi connectivity index (χ4v) is 1.62. The standard InChI is InChI=1S/C12H14N2O2/c1-8(7-15)14-12(16)10-4-2-3-9-5-6-13-11(9)10/h2-6,8,13,15H,7H2,1H3,(H,14,16)/t8-/m0/s1. The highest BCUT2D eigenvalue weighted by atomic mass is 16.3. The molecule has 0 saturated carbocycles. The van der Waals surface area contributed by atoms with Gasteiger partial charge >= 0.3 is 0 Å². The third-order valence-electron chi connectivity index (χ3n) is 2.48. The predicted molar refractivity (Wildman–Crippen MR) is 62.3 cm³/mol. The van der Waals surface area contributed by atoms with Crippen molar-refractivity contribution in [3.05, 3.63) is 36.0 Å². The fraction of sp³-hybridized carbons (Fsp3) is 0.250. The summed E-state index contributed by atoms with van der Waals surface area (Å²) in [6.45, 7) is 1.69. The minimum atomic E-state index is -0.238. The second kappa shape index (κ2) is 4.37. The van der Waals surface area contributed by atoms with Crippen LogP contribution in [-0.2, 0) is 0 Å². The molecule has 0 radical (unpaired) electrons. The van der Waals surface area contributed by atoms with E-state index >= 15 is 0 Å². The molecular formula is C12H14N2O2. The largest absolute Gasteiger partial charge is 0.394 e. The van der Waals surface area contributed by atoms with E-state index in [1.54, 1.807) is 19.2 Å². The monoisotopic (exact) mass is 218 g/mol. The number of H-pyrrole nitrogens is 1. The van der Waals surface area contributed by atoms with E-state index in [-0.39, 0.29) is 18.6 Å². The Morgan fingerprint density at radius 2 is 2.31 bits per heavy atom. The first-order chi connectivity index (χ1) is 7.72. The Morgan fingerprint density at radius 3 is 3.06 bits per heavy atom. The van der Waals surface area contributed by atoms with Crippen LogP contribution in [0.1, 0.15) is 17.3 Å². The van der Waals surface area contributed by atoms with E-state index in [9.17, 15) is 4.79 Å². The average Bonchev–Trinajstić information content (AvgIpc) is 2.76. The number of benzene rings is 1. The molecule has 0 spiro atoms. The second-order valence-electron chi connectivity index (χ2n) is 3.80. The summed E-state index contributed by atoms with van der Waals surface area (Å²) in [5.74, 6) is -0.172. The number of aromatic nitrogens is 1. The lowest BCUT2D eigenvalue weighted by molar-refractivity contribution is 0.0924. The molecule has 4 heteroatoms. The number of hydrogen-bond acceptors (Lipinski definition) is 2. The number of aromatic amines is 1. The van der Waals surface area contributed by atoms with Crippen molar-refractivity contribution < 1.29 is 9.90 Å². The first-order valence-corrected chi connectivity index (χ1v) is 5.20. The van der Waals surface area contributed by atoms with Crippen LogP contribution >= 0.6 is 0 Å². The van der Waals surface area contributed by atoms with Crippen molar-refractivity contribution in [2.45, 2.75) is 13.0 Å². The van der Waals surface area contributed by atoms with Gasteiger partial charge in [0, 0.05) is 17.6 Å². The van der Waals surface area contributed by atoms with Crippen molar-refractivity contribution in [2.24, 2.45) is 0 Å². The zero-order chi connectivity index (χ0) is 11.5. The molecule has 3 N–H and O–H groups in total. The molecule has 0 aliphatic rings. The number of para-hydroxylation sites is 1. The lowest BCUT2D eigenvalue weighted by atomic mass is 10.1. The number of fused-ring (bicyclic) bond motifs is 1. The van der Waals surface area contributed by atoms with Crippen LogP contribution in [0.3, 0.4) is 0 Å². The summed E-state index contributed by atoms with van der Waals surface area (Å²) in [6, 6.07) is 7.23. The van der Waals surface area contributed by atoms with Gasteiger partial charge in [-0.2, -0.15) is 0 Å². The molecule has 1 aromatic carbocycles. The van der Waals surface area contributed by atoms with E-state index in [0.717, 1.165) is 10.9 Å². The number of carbonyl (C=O) groups is 1. The Morgan fingerprint density at radius 1 is 1.50 bits per heavy atom. The minimum absolute atomic E-state index is 0.0631. The molecule has 16 heavy (non-hydrogen) atoms. The third-order valence-corrected chi connectivity index (χ3v) is 2.48. The average molecular weight is 218 g/mol. The van der Waals surface area contributed by atoms with Crippen LogP contribution in [0.4, 0.5) is 0 Å². The van der Waals surface area contributed by atoms with Crippen LogP contribution in [0.25, 0.3) is 10.9 Å². The minimum Gasteiger partial charge on any atom is -0.394 e. The van der Waals surface area contributed by atoms with Crippen LogP contribution < -0.4 is 5.32 Å². The predicted octanol–water partition coefficient (Wildman–Crippen LogP) is 1.28. The van der Waals surface area contributed by atoms with Gasteiger partial charge in [0.25, 0.3) is 5.91 Å². The molecular weight excluding hydrogens is 204 g/mol. The third kappa shape index (κ3) is 1.92. The topological polar surface area (TPSA) is 65.1 Å². The summed E-state index contributed by atoms with van der Waals surface area (Å²) < 4.78 is 0. The van der Waals surface area contributed by atoms with Crippen LogP contribution in [-0.4, -0.2) is 28.6 Å². The molecule has 84 valence electrons. The Labute approximate surface area is 93.3 Å². The molecule has 2 rings (SSSR count). The van der Waals surface area contributed by atoms with Gasteiger partial charge < -0.3 is 15.4 Å². The van der Waals surface area contributed by atoms with Gasteiger partial charge in [0.1, 0.15) is 0 Å². The number of aliphatic hydroxyl groups excluding tert-OH is 1. The number of aliphatic hydroxyl groups is 1. The van der Waals surface area contributed by atoms with Gasteiger partial charge in [-0.1, -0.05) is 12.1 Å². The normalized spacial score (nSPS) is 12.6. The molecule has 0 aliphatic carbocycles. The van der Waals surface area contributed by atoms with Gasteiger partial charge in [0.2, 0.25) is 0 Å². The molecule has 0 bridgehead atoms. The van der Waals surface area contributed by atoms with E-state index in [1.807, 2.05) is 18.2 Å². The Bertz CT molecular complexity index is 504. The van der Waals surface area contributed by atoms with E-state index < -0.39 is 0 Å². The smallest absolute Gasteiger partial charge is 0.253 e. The highest BCUT2D eigenvalue weighted by Gasteiger charge is 2.12. The maximum absolute atomic E-state index is 11.9. The van der Waals surface area contributed by atoms with E-state index in [4.69, 9.17) is 5.11 Å². The molecule has 0 fully saturated rings. The fourth-order valence-electron chi connectivity index (χ4n) is 1.62. The van der Waals surface area contributed by atoms with E-state index in [1.165, 1.54) is 0 Å². The summed E-state index contributed by atoms with van der Waals surface area (Å²) in [6.07, 6.45) is 1.80. The quantitative estimate of drug-likeness (QED) is 0.726. The summed E-state index contributed by atoms with van der Waals surface area (Å²) in [5, 5.41) is 12.6. The lowest BCUT2D eigenvalue weighted by Crippen LogP contribution is -2.35. The molecule has 1 atom stereocenters. The lowest BCUT2D eigenvalue weighted by Gasteiger charge is -2.11. The molecule has 0 unspecified atom stereocenters. The maximum Gasteiger partial charge on any atom is 0.253 e. The van der Waals surface area contributed by atoms with Crippen molar-refractivity contribution in [2.75, 3.05) is 6.61 Å².